The molecule has 166 valence electrons. The Kier molecular flexibility index (Phi) is 3.12. The maximum atomic E-state index is 2.78. The summed E-state index contributed by atoms with van der Waals surface area (Å²) < 4.78 is 2.78. The van der Waals surface area contributed by atoms with Crippen LogP contribution in [0.1, 0.15) is 102 Å². The summed E-state index contributed by atoms with van der Waals surface area (Å²) in [5.74, 6) is 0.733. The quantitative estimate of drug-likeness (QED) is 0.295. The molecule has 2 heterocycles. The van der Waals surface area contributed by atoms with Gasteiger partial charge in [-0.3, -0.25) is 0 Å². The van der Waals surface area contributed by atoms with Crippen molar-refractivity contribution in [3.8, 4) is 0 Å². The highest BCUT2D eigenvalue weighted by molar-refractivity contribution is 6.09. The van der Waals surface area contributed by atoms with Gasteiger partial charge in [-0.15, -0.1) is 0 Å². The van der Waals surface area contributed by atoms with Crippen molar-refractivity contribution >= 4 is 21.7 Å². The number of benzene rings is 2. The van der Waals surface area contributed by atoms with Crippen molar-refractivity contribution in [1.29, 1.82) is 0 Å². The first-order valence-corrected chi connectivity index (χ1v) is 13.0. The van der Waals surface area contributed by atoms with Crippen LogP contribution in [0.3, 0.4) is 0 Å². The van der Waals surface area contributed by atoms with Gasteiger partial charge in [-0.1, -0.05) is 52.8 Å². The van der Waals surface area contributed by atoms with Crippen LogP contribution in [-0.4, -0.2) is 0 Å². The zero-order chi connectivity index (χ0) is 22.6. The van der Waals surface area contributed by atoms with Crippen LogP contribution in [-0.2, 0) is 16.4 Å². The van der Waals surface area contributed by atoms with Crippen molar-refractivity contribution < 1.29 is 4.57 Å². The van der Waals surface area contributed by atoms with Gasteiger partial charge in [-0.05, 0) is 78.0 Å². The Morgan fingerprint density at radius 1 is 1.00 bits per heavy atom. The monoisotopic (exact) mass is 424 g/mol. The molecule has 6 unspecified atom stereocenters. The molecule has 2 saturated carbocycles. The van der Waals surface area contributed by atoms with E-state index in [0.29, 0.717) is 16.2 Å². The maximum Gasteiger partial charge on any atom is 0.221 e. The van der Waals surface area contributed by atoms with Gasteiger partial charge in [0.25, 0.3) is 0 Å². The van der Waals surface area contributed by atoms with E-state index in [1.165, 1.54) is 34.7 Å². The van der Waals surface area contributed by atoms with Crippen LogP contribution in [0, 0.1) is 17.8 Å². The second kappa shape index (κ2) is 5.11. The van der Waals surface area contributed by atoms with Crippen molar-refractivity contribution in [3.63, 3.8) is 0 Å². The average Bonchev–Trinajstić information content (AvgIpc) is 2.85. The van der Waals surface area contributed by atoms with Crippen molar-refractivity contribution in [1.82, 2.24) is 0 Å². The summed E-state index contributed by atoms with van der Waals surface area (Å²) in [6.07, 6.45) is 7.71. The Hall–Kier alpha value is -1.89. The zero-order valence-corrected chi connectivity index (χ0v) is 21.2. The first-order chi connectivity index (χ1) is 15.0. The Balaban J connectivity index is 1.73. The second-order valence-corrected chi connectivity index (χ2v) is 13.0. The average molecular weight is 425 g/mol. The number of rotatable bonds is 2. The van der Waals surface area contributed by atoms with Gasteiger partial charge in [-0.25, -0.2) is 0 Å². The standard InChI is InChI=1S/C31H38N/c1-9-28(5)22-13-11-12-19-18(3)14-20-25-21(16-32(26(20)24(19)22)30(28,7)10-2)23-15-27(4)17-29(25,6)31(23,27)8/h11-14,16,23H,9-10,15,17H2,1-8H3/q+1. The lowest BCUT2D eigenvalue weighted by atomic mass is 9.28. The number of aromatic nitrogens is 1. The van der Waals surface area contributed by atoms with Crippen molar-refractivity contribution in [2.45, 2.75) is 103 Å². The molecule has 4 aliphatic rings. The normalized spacial score (nSPS) is 42.7. The number of pyridine rings is 1. The summed E-state index contributed by atoms with van der Waals surface area (Å²) in [5, 5.41) is 4.56. The van der Waals surface area contributed by atoms with Gasteiger partial charge in [0.2, 0.25) is 5.52 Å². The summed E-state index contributed by atoms with van der Waals surface area (Å²) in [6, 6.07) is 9.69. The Labute approximate surface area is 193 Å². The zero-order valence-electron chi connectivity index (χ0n) is 21.2. The van der Waals surface area contributed by atoms with E-state index in [-0.39, 0.29) is 11.0 Å². The van der Waals surface area contributed by atoms with Gasteiger partial charge in [0.1, 0.15) is 0 Å². The van der Waals surface area contributed by atoms with Crippen LogP contribution in [0.15, 0.2) is 30.5 Å². The molecule has 7 rings (SSSR count). The van der Waals surface area contributed by atoms with Crippen molar-refractivity contribution in [2.24, 2.45) is 10.8 Å². The summed E-state index contributed by atoms with van der Waals surface area (Å²) in [6.45, 7) is 20.0. The van der Waals surface area contributed by atoms with Gasteiger partial charge in [0.15, 0.2) is 11.7 Å². The maximum absolute atomic E-state index is 2.78. The fourth-order valence-corrected chi connectivity index (χ4v) is 10.0. The summed E-state index contributed by atoms with van der Waals surface area (Å²) >= 11 is 0. The molecule has 3 aliphatic carbocycles. The number of hydrogen-bond donors (Lipinski definition) is 0. The molecular formula is C31H38N+. The topological polar surface area (TPSA) is 3.88 Å². The van der Waals surface area contributed by atoms with Crippen LogP contribution in [0.25, 0.3) is 21.7 Å². The van der Waals surface area contributed by atoms with Crippen LogP contribution in [0.4, 0.5) is 0 Å². The SMILES string of the molecule is CCC1(C)c2cccc3c(C)cc4c5c(c[n+](c4c23)C1(C)CC)C1CC2(C)CC5(C)C12C. The Morgan fingerprint density at radius 3 is 2.41 bits per heavy atom. The largest absolute Gasteiger partial charge is 0.221 e. The number of aryl methyl sites for hydroxylation is 1. The van der Waals surface area contributed by atoms with E-state index in [1.54, 1.807) is 22.1 Å². The van der Waals surface area contributed by atoms with Crippen molar-refractivity contribution in [3.05, 3.63) is 52.7 Å². The molecule has 1 heteroatoms. The minimum atomic E-state index is 0.0715. The summed E-state index contributed by atoms with van der Waals surface area (Å²) in [4.78, 5) is 0. The van der Waals surface area contributed by atoms with Gasteiger partial charge >= 0.3 is 0 Å². The molecule has 0 amide bonds. The molecule has 0 N–H and O–H groups in total. The highest BCUT2D eigenvalue weighted by atomic mass is 15.1. The molecule has 2 aromatic carbocycles. The van der Waals surface area contributed by atoms with E-state index < -0.39 is 0 Å². The van der Waals surface area contributed by atoms with Crippen LogP contribution in [0.5, 0.6) is 0 Å². The highest BCUT2D eigenvalue weighted by Crippen LogP contribution is 2.87. The molecule has 32 heavy (non-hydrogen) atoms. The molecule has 1 aromatic heterocycles. The lowest BCUT2D eigenvalue weighted by molar-refractivity contribution is -0.751. The number of fused-ring (bicyclic) bond motifs is 4. The number of hydrogen-bond acceptors (Lipinski definition) is 0. The van der Waals surface area contributed by atoms with Crippen LogP contribution in [0.2, 0.25) is 0 Å². The molecule has 0 radical (unpaired) electrons. The molecule has 0 saturated heterocycles. The third-order valence-electron chi connectivity index (χ3n) is 12.5. The first-order valence-electron chi connectivity index (χ1n) is 13.0. The van der Waals surface area contributed by atoms with E-state index in [0.717, 1.165) is 18.8 Å². The molecule has 3 aromatic rings. The van der Waals surface area contributed by atoms with Crippen LogP contribution < -0.4 is 4.57 Å². The molecule has 2 fully saturated rings. The second-order valence-electron chi connectivity index (χ2n) is 13.0. The third kappa shape index (κ3) is 1.53. The summed E-state index contributed by atoms with van der Waals surface area (Å²) in [7, 11) is 0. The smallest absolute Gasteiger partial charge is 0.192 e. The highest BCUT2D eigenvalue weighted by Gasteiger charge is 2.81. The molecule has 1 nitrogen and oxygen atoms in total. The Morgan fingerprint density at radius 2 is 1.75 bits per heavy atom. The molecule has 0 bridgehead atoms. The third-order valence-corrected chi connectivity index (χ3v) is 12.5. The lowest BCUT2D eigenvalue weighted by Gasteiger charge is -2.75. The Bertz CT molecular complexity index is 1400. The minimum absolute atomic E-state index is 0.0715. The van der Waals surface area contributed by atoms with Gasteiger partial charge in [0.05, 0.1) is 16.2 Å². The number of nitrogens with zero attached hydrogens (tertiary/aromatic N) is 1. The molecular weight excluding hydrogens is 386 g/mol. The molecule has 6 atom stereocenters. The van der Waals surface area contributed by atoms with E-state index in [1.807, 2.05) is 0 Å². The summed E-state index contributed by atoms with van der Waals surface area (Å²) in [5.41, 5.74) is 9.42. The minimum Gasteiger partial charge on any atom is -0.192 e. The predicted octanol–water partition coefficient (Wildman–Crippen LogP) is 7.57. The molecule has 1 aliphatic heterocycles. The predicted molar refractivity (Wildman–Crippen MR) is 134 cm³/mol. The van der Waals surface area contributed by atoms with Gasteiger partial charge in [0, 0.05) is 24.3 Å². The van der Waals surface area contributed by atoms with E-state index in [9.17, 15) is 0 Å². The van der Waals surface area contributed by atoms with Gasteiger partial charge in [-0.2, -0.15) is 4.57 Å². The van der Waals surface area contributed by atoms with E-state index in [4.69, 9.17) is 0 Å². The van der Waals surface area contributed by atoms with Crippen molar-refractivity contribution in [2.75, 3.05) is 0 Å². The van der Waals surface area contributed by atoms with Crippen LogP contribution >= 0.6 is 0 Å². The first kappa shape index (κ1) is 19.6. The fourth-order valence-electron chi connectivity index (χ4n) is 10.0. The van der Waals surface area contributed by atoms with Gasteiger partial charge < -0.3 is 0 Å². The lowest BCUT2D eigenvalue weighted by Crippen LogP contribution is -2.70. The molecule has 0 spiro atoms. The van der Waals surface area contributed by atoms with E-state index >= 15 is 0 Å². The van der Waals surface area contributed by atoms with E-state index in [2.05, 4.69) is 90.4 Å². The fraction of sp³-hybridized carbons (Fsp3) is 0.581.